The SMILES string of the molecule is CC1C[C@H](NC(=O)CN(C)C(=O)[C@H](CC(=O)O)NC(=O)[C@H](CCC(N)=O)NC(=O)CNC(=O)[C@@H]2C[C@@H](O)CN2)C(=O)N1[C@@H](C)C(=O)NCC(=O)N1CCC[C@H]1C(=O)N[C@@H](CCCCN)C(=O)O. The monoisotopic (exact) mass is 952 g/mol. The van der Waals surface area contributed by atoms with E-state index in [-0.39, 0.29) is 45.2 Å². The van der Waals surface area contributed by atoms with E-state index in [0.717, 1.165) is 11.9 Å². The second-order valence-corrected chi connectivity index (χ2v) is 16.8. The fraction of sp³-hybridized carbons (Fsp3) is 0.700. The molecule has 0 saturated carbocycles. The number of likely N-dealkylation sites (tertiary alicyclic amines) is 2. The highest BCUT2D eigenvalue weighted by atomic mass is 16.4. The molecule has 0 spiro atoms. The molecular weight excluding hydrogens is 889 g/mol. The molecule has 3 rings (SSSR count). The number of nitrogens with two attached hydrogens (primary N) is 2. The van der Waals surface area contributed by atoms with Gasteiger partial charge in [-0.05, 0) is 71.8 Å². The molecule has 374 valence electrons. The van der Waals surface area contributed by atoms with E-state index in [0.29, 0.717) is 25.8 Å². The number of nitrogens with zero attached hydrogens (tertiary/aromatic N) is 3. The van der Waals surface area contributed by atoms with E-state index in [4.69, 9.17) is 11.5 Å². The zero-order chi connectivity index (χ0) is 50.1. The molecular formula is C40H64N12O15. The molecule has 3 aliphatic heterocycles. The predicted octanol–water partition coefficient (Wildman–Crippen LogP) is -6.71. The first-order chi connectivity index (χ1) is 31.5. The van der Waals surface area contributed by atoms with Gasteiger partial charge in [0.2, 0.25) is 59.1 Å². The van der Waals surface area contributed by atoms with Crippen molar-refractivity contribution in [3.63, 3.8) is 0 Å². The van der Waals surface area contributed by atoms with Crippen LogP contribution in [0.5, 0.6) is 0 Å². The Bertz CT molecular complexity index is 1890. The standard InChI is InChI=1S/C40H64N12O15/c1-20-13-26(39(65)52(20)21(2)34(60)45-18-32(57)51-12-6-8-28(51)37(63)48-24(40(66)67)7-4-5-11-41)47-31(56)19-50(3)38(64)27(15-33(58)59)49-36(62)23(9-10-29(42)54)46-30(55)17-44-35(61)25-14-22(53)16-43-25/h20-28,43,53H,4-19,41H2,1-3H3,(H2,42,54)(H,44,61)(H,45,60)(H,46,55)(H,47,56)(H,48,63)(H,49,62)(H,58,59)(H,66,67)/t20?,21-,22+,23-,24-,25-,26-,27-,28-/m0/s1. The molecule has 67 heavy (non-hydrogen) atoms. The number of rotatable bonds is 26. The van der Waals surface area contributed by atoms with E-state index >= 15 is 0 Å². The number of primary amides is 1. The van der Waals surface area contributed by atoms with Crippen molar-refractivity contribution in [3.8, 4) is 0 Å². The van der Waals surface area contributed by atoms with Gasteiger partial charge in [0.15, 0.2) is 0 Å². The molecule has 10 amide bonds. The van der Waals surface area contributed by atoms with Gasteiger partial charge in [0.25, 0.3) is 0 Å². The number of aliphatic hydroxyl groups excluding tert-OH is 1. The first kappa shape index (κ1) is 54.9. The van der Waals surface area contributed by atoms with Gasteiger partial charge in [0.1, 0.15) is 36.3 Å². The lowest BCUT2D eigenvalue weighted by Gasteiger charge is -2.29. The number of carbonyl (C=O) groups is 12. The van der Waals surface area contributed by atoms with E-state index in [9.17, 15) is 72.9 Å². The third kappa shape index (κ3) is 16.7. The largest absolute Gasteiger partial charge is 0.481 e. The van der Waals surface area contributed by atoms with E-state index in [2.05, 4.69) is 37.2 Å². The van der Waals surface area contributed by atoms with Crippen LogP contribution < -0.4 is 48.7 Å². The average Bonchev–Trinajstić information content (AvgIpc) is 4.00. The van der Waals surface area contributed by atoms with Crippen LogP contribution >= 0.6 is 0 Å². The maximum Gasteiger partial charge on any atom is 0.326 e. The fourth-order valence-electron chi connectivity index (χ4n) is 7.99. The molecule has 0 aromatic carbocycles. The summed E-state index contributed by atoms with van der Waals surface area (Å²) in [6.07, 6.45) is -0.414. The first-order valence-corrected chi connectivity index (χ1v) is 22.0. The van der Waals surface area contributed by atoms with Crippen LogP contribution in [0.25, 0.3) is 0 Å². The molecule has 0 bridgehead atoms. The lowest BCUT2D eigenvalue weighted by molar-refractivity contribution is -0.145. The second kappa shape index (κ2) is 26.0. The van der Waals surface area contributed by atoms with Gasteiger partial charge < -0.3 is 78.7 Å². The van der Waals surface area contributed by atoms with Crippen molar-refractivity contribution in [2.75, 3.05) is 46.3 Å². The normalized spacial score (nSPS) is 21.8. The summed E-state index contributed by atoms with van der Waals surface area (Å²) in [4.78, 5) is 156. The van der Waals surface area contributed by atoms with E-state index < -0.39 is 158 Å². The van der Waals surface area contributed by atoms with Gasteiger partial charge in [-0.1, -0.05) is 0 Å². The van der Waals surface area contributed by atoms with Crippen molar-refractivity contribution < 1.29 is 72.9 Å². The minimum Gasteiger partial charge on any atom is -0.481 e. The summed E-state index contributed by atoms with van der Waals surface area (Å²) >= 11 is 0. The summed E-state index contributed by atoms with van der Waals surface area (Å²) in [5.74, 6) is -10.7. The fourth-order valence-corrected chi connectivity index (χ4v) is 7.99. The molecule has 3 fully saturated rings. The number of carbonyl (C=O) groups excluding carboxylic acids is 10. The van der Waals surface area contributed by atoms with Gasteiger partial charge in [0.05, 0.1) is 38.2 Å². The summed E-state index contributed by atoms with van der Waals surface area (Å²) in [7, 11) is 1.13. The summed E-state index contributed by atoms with van der Waals surface area (Å²) in [5, 5.41) is 45.8. The van der Waals surface area contributed by atoms with Crippen LogP contribution in [-0.2, 0) is 57.5 Å². The number of hydrogen-bond donors (Lipinski definition) is 12. The maximum absolute atomic E-state index is 13.5. The Balaban J connectivity index is 1.55. The lowest BCUT2D eigenvalue weighted by Crippen LogP contribution is -2.56. The molecule has 9 atom stereocenters. The summed E-state index contributed by atoms with van der Waals surface area (Å²) in [5.41, 5.74) is 10.7. The van der Waals surface area contributed by atoms with Crippen LogP contribution in [0.3, 0.4) is 0 Å². The minimum atomic E-state index is -1.79. The van der Waals surface area contributed by atoms with Crippen LogP contribution in [0.15, 0.2) is 0 Å². The number of hydrogen-bond acceptors (Lipinski definition) is 15. The molecule has 3 aliphatic rings. The van der Waals surface area contributed by atoms with Crippen molar-refractivity contribution >= 4 is 71.0 Å². The quantitative estimate of drug-likeness (QED) is 0.0359. The van der Waals surface area contributed by atoms with Crippen molar-refractivity contribution in [1.29, 1.82) is 0 Å². The molecule has 27 nitrogen and oxygen atoms in total. The number of nitrogens with one attached hydrogen (secondary N) is 7. The van der Waals surface area contributed by atoms with E-state index in [1.165, 1.54) is 16.7 Å². The summed E-state index contributed by atoms with van der Waals surface area (Å²) < 4.78 is 0. The molecule has 3 saturated heterocycles. The lowest BCUT2D eigenvalue weighted by atomic mass is 10.1. The maximum atomic E-state index is 13.5. The Hall–Kier alpha value is -6.48. The zero-order valence-electron chi connectivity index (χ0n) is 37.7. The highest BCUT2D eigenvalue weighted by Gasteiger charge is 2.43. The Labute approximate surface area is 385 Å². The van der Waals surface area contributed by atoms with Crippen molar-refractivity contribution in [2.24, 2.45) is 11.5 Å². The van der Waals surface area contributed by atoms with Crippen molar-refractivity contribution in [2.45, 2.75) is 132 Å². The van der Waals surface area contributed by atoms with Gasteiger partial charge in [-0.15, -0.1) is 0 Å². The zero-order valence-corrected chi connectivity index (χ0v) is 37.7. The van der Waals surface area contributed by atoms with Gasteiger partial charge >= 0.3 is 11.9 Å². The number of aliphatic carboxylic acids is 2. The van der Waals surface area contributed by atoms with Crippen LogP contribution in [0.4, 0.5) is 0 Å². The number of carboxylic acids is 2. The van der Waals surface area contributed by atoms with Crippen molar-refractivity contribution in [3.05, 3.63) is 0 Å². The first-order valence-electron chi connectivity index (χ1n) is 22.0. The van der Waals surface area contributed by atoms with Crippen LogP contribution in [0, 0.1) is 0 Å². The topological polar surface area (TPSA) is 411 Å². The average molecular weight is 953 g/mol. The molecule has 1 unspecified atom stereocenters. The highest BCUT2D eigenvalue weighted by Crippen LogP contribution is 2.23. The molecule has 0 aromatic heterocycles. The van der Waals surface area contributed by atoms with Crippen molar-refractivity contribution in [1.82, 2.24) is 51.9 Å². The Morgan fingerprint density at radius 3 is 2.18 bits per heavy atom. The number of carboxylic acid groups (broad SMARTS) is 2. The van der Waals surface area contributed by atoms with Crippen LogP contribution in [-0.4, -0.2) is 202 Å². The Morgan fingerprint density at radius 2 is 1.57 bits per heavy atom. The van der Waals surface area contributed by atoms with E-state index in [1.807, 2.05) is 0 Å². The second-order valence-electron chi connectivity index (χ2n) is 16.8. The van der Waals surface area contributed by atoms with Gasteiger partial charge in [-0.2, -0.15) is 0 Å². The number of aliphatic hydroxyl groups is 1. The molecule has 0 aromatic rings. The van der Waals surface area contributed by atoms with Gasteiger partial charge in [-0.25, -0.2) is 4.79 Å². The van der Waals surface area contributed by atoms with Gasteiger partial charge in [-0.3, -0.25) is 52.7 Å². The number of likely N-dealkylation sites (N-methyl/N-ethyl adjacent to an activating group) is 1. The molecule has 3 heterocycles. The van der Waals surface area contributed by atoms with Crippen LogP contribution in [0.1, 0.15) is 78.1 Å². The van der Waals surface area contributed by atoms with E-state index in [1.54, 1.807) is 6.92 Å². The summed E-state index contributed by atoms with van der Waals surface area (Å²) in [6.45, 7) is 1.89. The number of unbranched alkanes of at least 4 members (excludes halogenated alkanes) is 1. The number of β-amino-alcohol motifs (C(OH)–C–C–N with tert-alkyl or cyclic N) is 1. The highest BCUT2D eigenvalue weighted by molar-refractivity contribution is 5.98. The molecule has 0 aliphatic carbocycles. The van der Waals surface area contributed by atoms with Crippen LogP contribution in [0.2, 0.25) is 0 Å². The Morgan fingerprint density at radius 1 is 0.866 bits per heavy atom. The third-order valence-corrected chi connectivity index (χ3v) is 11.5. The molecule has 0 radical (unpaired) electrons. The molecule has 27 heteroatoms. The molecule has 14 N–H and O–H groups in total. The third-order valence-electron chi connectivity index (χ3n) is 11.5. The van der Waals surface area contributed by atoms with Gasteiger partial charge in [0, 0.05) is 32.6 Å². The number of amides is 10. The minimum absolute atomic E-state index is 0.0350. The smallest absolute Gasteiger partial charge is 0.326 e. The predicted molar refractivity (Wildman–Crippen MR) is 230 cm³/mol. The summed E-state index contributed by atoms with van der Waals surface area (Å²) in [6, 6.07) is -9.09. The Kier molecular flexibility index (Phi) is 21.3.